The Morgan fingerprint density at radius 1 is 1.15 bits per heavy atom. The fourth-order valence-electron chi connectivity index (χ4n) is 4.56. The van der Waals surface area contributed by atoms with Crippen LogP contribution in [0.1, 0.15) is 38.2 Å². The lowest BCUT2D eigenvalue weighted by atomic mass is 9.94. The first kappa shape index (κ1) is 17.1. The number of piperidine rings is 1. The third-order valence-corrected chi connectivity index (χ3v) is 5.99. The van der Waals surface area contributed by atoms with Gasteiger partial charge in [-0.05, 0) is 43.2 Å². The fourth-order valence-corrected chi connectivity index (χ4v) is 4.56. The summed E-state index contributed by atoms with van der Waals surface area (Å²) in [4.78, 5) is 31.9. The molecule has 0 spiro atoms. The summed E-state index contributed by atoms with van der Waals surface area (Å²) in [5.41, 5.74) is 2.44. The van der Waals surface area contributed by atoms with Crippen molar-refractivity contribution in [3.05, 3.63) is 36.0 Å². The van der Waals surface area contributed by atoms with Crippen LogP contribution in [-0.2, 0) is 16.0 Å². The molecule has 1 aromatic carbocycles. The van der Waals surface area contributed by atoms with Crippen molar-refractivity contribution in [3.63, 3.8) is 0 Å². The predicted molar refractivity (Wildman–Crippen MR) is 102 cm³/mol. The van der Waals surface area contributed by atoms with Gasteiger partial charge in [-0.1, -0.05) is 18.2 Å². The summed E-state index contributed by atoms with van der Waals surface area (Å²) in [6, 6.07) is 8.51. The van der Waals surface area contributed by atoms with Crippen molar-refractivity contribution in [2.45, 2.75) is 45.1 Å². The first-order valence-corrected chi connectivity index (χ1v) is 9.72. The molecule has 1 N–H and O–H groups in total. The number of H-pyrrole nitrogens is 1. The van der Waals surface area contributed by atoms with Crippen LogP contribution < -0.4 is 0 Å². The van der Waals surface area contributed by atoms with Gasteiger partial charge in [0.25, 0.3) is 0 Å². The Labute approximate surface area is 154 Å². The number of hydrogen-bond donors (Lipinski definition) is 1. The van der Waals surface area contributed by atoms with Crippen LogP contribution in [0.15, 0.2) is 30.5 Å². The smallest absolute Gasteiger partial charge is 0.222 e. The van der Waals surface area contributed by atoms with E-state index >= 15 is 0 Å². The van der Waals surface area contributed by atoms with Gasteiger partial charge in [0.2, 0.25) is 11.8 Å². The first-order chi connectivity index (χ1) is 12.6. The molecule has 26 heavy (non-hydrogen) atoms. The third-order valence-electron chi connectivity index (χ3n) is 5.99. The van der Waals surface area contributed by atoms with E-state index < -0.39 is 0 Å². The van der Waals surface area contributed by atoms with Gasteiger partial charge in [-0.15, -0.1) is 0 Å². The highest BCUT2D eigenvalue weighted by Crippen LogP contribution is 2.29. The number of para-hydroxylation sites is 1. The zero-order valence-corrected chi connectivity index (χ0v) is 15.4. The monoisotopic (exact) mass is 353 g/mol. The molecule has 0 aliphatic carbocycles. The van der Waals surface area contributed by atoms with Gasteiger partial charge in [-0.3, -0.25) is 9.59 Å². The SMILES string of the molecule is CC(=O)N1C[C@@H]2CC[C@H](C1)N(C(=O)CCCc1c[nH]c3ccccc13)C2. The molecule has 2 amide bonds. The highest BCUT2D eigenvalue weighted by Gasteiger charge is 2.37. The summed E-state index contributed by atoms with van der Waals surface area (Å²) in [5.74, 6) is 0.829. The second-order valence-corrected chi connectivity index (χ2v) is 7.78. The maximum absolute atomic E-state index is 12.8. The third kappa shape index (κ3) is 3.35. The average molecular weight is 353 g/mol. The number of aryl methyl sites for hydroxylation is 1. The van der Waals surface area contributed by atoms with Crippen LogP contribution in [0.5, 0.6) is 0 Å². The van der Waals surface area contributed by atoms with Crippen LogP contribution in [0.3, 0.4) is 0 Å². The van der Waals surface area contributed by atoms with Crippen molar-refractivity contribution in [1.82, 2.24) is 14.8 Å². The number of carbonyl (C=O) groups is 2. The Kier molecular flexibility index (Phi) is 4.70. The topological polar surface area (TPSA) is 56.4 Å². The van der Waals surface area contributed by atoms with Crippen LogP contribution in [0.2, 0.25) is 0 Å². The Morgan fingerprint density at radius 2 is 2.00 bits per heavy atom. The highest BCUT2D eigenvalue weighted by molar-refractivity contribution is 5.83. The number of amides is 2. The van der Waals surface area contributed by atoms with E-state index in [0.717, 1.165) is 44.3 Å². The van der Waals surface area contributed by atoms with Gasteiger partial charge in [0.05, 0.1) is 0 Å². The lowest BCUT2D eigenvalue weighted by molar-refractivity contribution is -0.136. The number of benzene rings is 1. The van der Waals surface area contributed by atoms with Crippen LogP contribution >= 0.6 is 0 Å². The van der Waals surface area contributed by atoms with E-state index in [1.807, 2.05) is 11.0 Å². The Bertz CT molecular complexity index is 812. The Hall–Kier alpha value is -2.30. The molecule has 2 atom stereocenters. The summed E-state index contributed by atoms with van der Waals surface area (Å²) < 4.78 is 0. The van der Waals surface area contributed by atoms with Gasteiger partial charge in [-0.2, -0.15) is 0 Å². The largest absolute Gasteiger partial charge is 0.361 e. The standard InChI is InChI=1S/C21H27N3O2/c1-15(25)23-12-16-9-10-18(14-23)24(13-16)21(26)8-4-5-17-11-22-20-7-3-2-6-19(17)20/h2-3,6-7,11,16,18,22H,4-5,8-10,12-14H2,1H3/t16-,18+/m0/s1. The number of hydrogen-bond acceptors (Lipinski definition) is 2. The molecule has 0 saturated carbocycles. The molecule has 3 saturated heterocycles. The zero-order valence-electron chi connectivity index (χ0n) is 15.4. The van der Waals surface area contributed by atoms with Crippen LogP contribution in [-0.4, -0.2) is 52.3 Å². The predicted octanol–water partition coefficient (Wildman–Crippen LogP) is 2.96. The van der Waals surface area contributed by atoms with E-state index in [9.17, 15) is 9.59 Å². The van der Waals surface area contributed by atoms with Crippen molar-refractivity contribution in [2.24, 2.45) is 5.92 Å². The van der Waals surface area contributed by atoms with Crippen LogP contribution in [0, 0.1) is 5.92 Å². The molecule has 1 aromatic heterocycles. The van der Waals surface area contributed by atoms with E-state index in [2.05, 4.69) is 34.3 Å². The molecule has 4 heterocycles. The molecule has 2 aromatic rings. The molecule has 0 radical (unpaired) electrons. The number of nitrogens with zero attached hydrogens (tertiary/aromatic N) is 2. The molecule has 5 rings (SSSR count). The van der Waals surface area contributed by atoms with Gasteiger partial charge < -0.3 is 14.8 Å². The van der Waals surface area contributed by atoms with Crippen molar-refractivity contribution in [1.29, 1.82) is 0 Å². The van der Waals surface area contributed by atoms with E-state index in [1.165, 1.54) is 10.9 Å². The summed E-state index contributed by atoms with van der Waals surface area (Å²) in [6.07, 6.45) is 6.59. The van der Waals surface area contributed by atoms with Gasteiger partial charge >= 0.3 is 0 Å². The van der Waals surface area contributed by atoms with Gasteiger partial charge in [0.15, 0.2) is 0 Å². The highest BCUT2D eigenvalue weighted by atomic mass is 16.2. The van der Waals surface area contributed by atoms with Crippen molar-refractivity contribution in [2.75, 3.05) is 19.6 Å². The molecule has 3 fully saturated rings. The lowest BCUT2D eigenvalue weighted by Gasteiger charge is -2.36. The fraction of sp³-hybridized carbons (Fsp3) is 0.524. The molecule has 2 bridgehead atoms. The second kappa shape index (κ2) is 7.14. The van der Waals surface area contributed by atoms with E-state index in [0.29, 0.717) is 18.9 Å². The number of aromatic amines is 1. The van der Waals surface area contributed by atoms with E-state index in [1.54, 1.807) is 6.92 Å². The minimum Gasteiger partial charge on any atom is -0.361 e. The maximum Gasteiger partial charge on any atom is 0.222 e. The minimum atomic E-state index is 0.135. The lowest BCUT2D eigenvalue weighted by Crippen LogP contribution is -2.47. The molecule has 3 aliphatic heterocycles. The van der Waals surface area contributed by atoms with E-state index in [-0.39, 0.29) is 17.9 Å². The van der Waals surface area contributed by atoms with Crippen LogP contribution in [0.25, 0.3) is 10.9 Å². The quantitative estimate of drug-likeness (QED) is 0.919. The zero-order chi connectivity index (χ0) is 18.1. The van der Waals surface area contributed by atoms with Gasteiger partial charge in [0.1, 0.15) is 0 Å². The van der Waals surface area contributed by atoms with Crippen molar-refractivity contribution < 1.29 is 9.59 Å². The van der Waals surface area contributed by atoms with E-state index in [4.69, 9.17) is 0 Å². The molecular weight excluding hydrogens is 326 g/mol. The molecule has 138 valence electrons. The van der Waals surface area contributed by atoms with Crippen molar-refractivity contribution >= 4 is 22.7 Å². The van der Waals surface area contributed by atoms with Crippen molar-refractivity contribution in [3.8, 4) is 0 Å². The first-order valence-electron chi connectivity index (χ1n) is 9.72. The number of nitrogens with one attached hydrogen (secondary N) is 1. The number of carbonyl (C=O) groups excluding carboxylic acids is 2. The number of rotatable bonds is 4. The summed E-state index contributed by atoms with van der Waals surface area (Å²) in [5, 5.41) is 1.26. The average Bonchev–Trinajstić information content (AvgIpc) is 2.82. The summed E-state index contributed by atoms with van der Waals surface area (Å²) in [6.45, 7) is 3.98. The second-order valence-electron chi connectivity index (χ2n) is 7.78. The summed E-state index contributed by atoms with van der Waals surface area (Å²) in [7, 11) is 0. The number of aromatic nitrogens is 1. The Balaban J connectivity index is 1.36. The van der Waals surface area contributed by atoms with Gasteiger partial charge in [0, 0.05) is 56.1 Å². The number of fused-ring (bicyclic) bond motifs is 5. The summed E-state index contributed by atoms with van der Waals surface area (Å²) >= 11 is 0. The molecule has 5 heteroatoms. The maximum atomic E-state index is 12.8. The molecule has 3 aliphatic rings. The van der Waals surface area contributed by atoms with Gasteiger partial charge in [-0.25, -0.2) is 0 Å². The molecule has 5 nitrogen and oxygen atoms in total. The molecule has 0 unspecified atom stereocenters. The van der Waals surface area contributed by atoms with Crippen LogP contribution in [0.4, 0.5) is 0 Å². The molecular formula is C21H27N3O2. The minimum absolute atomic E-state index is 0.135. The Morgan fingerprint density at radius 3 is 2.85 bits per heavy atom. The normalized spacial score (nSPS) is 22.7.